The average molecular weight is 298 g/mol. The Morgan fingerprint density at radius 3 is 3.09 bits per heavy atom. The van der Waals surface area contributed by atoms with E-state index in [1.165, 1.54) is 5.56 Å². The Bertz CT molecular complexity index is 767. The van der Waals surface area contributed by atoms with Crippen molar-refractivity contribution in [2.75, 3.05) is 13.1 Å². The number of hydrogen-bond acceptors (Lipinski definition) is 5. The zero-order valence-corrected chi connectivity index (χ0v) is 12.2. The third kappa shape index (κ3) is 2.49. The van der Waals surface area contributed by atoms with E-state index in [9.17, 15) is 5.11 Å². The van der Waals surface area contributed by atoms with E-state index in [0.717, 1.165) is 25.0 Å². The van der Waals surface area contributed by atoms with Crippen LogP contribution < -0.4 is 0 Å². The SMILES string of the molecule is OC1(Cn2ccnn2)CCN(Cc2cnn3ccccc23)C1. The molecule has 3 aromatic heterocycles. The maximum absolute atomic E-state index is 10.7. The Kier molecular flexibility index (Phi) is 3.16. The Balaban J connectivity index is 1.46. The molecule has 0 amide bonds. The van der Waals surface area contributed by atoms with Gasteiger partial charge in [-0.05, 0) is 18.6 Å². The lowest BCUT2D eigenvalue weighted by Crippen LogP contribution is -2.37. The molecule has 0 bridgehead atoms. The van der Waals surface area contributed by atoms with Gasteiger partial charge in [0.15, 0.2) is 0 Å². The van der Waals surface area contributed by atoms with E-state index >= 15 is 0 Å². The van der Waals surface area contributed by atoms with Crippen LogP contribution in [-0.2, 0) is 13.1 Å². The van der Waals surface area contributed by atoms with Gasteiger partial charge in [-0.25, -0.2) is 9.20 Å². The van der Waals surface area contributed by atoms with Crippen molar-refractivity contribution in [3.05, 3.63) is 48.5 Å². The fourth-order valence-electron chi connectivity index (χ4n) is 3.17. The van der Waals surface area contributed by atoms with Gasteiger partial charge in [0.1, 0.15) is 0 Å². The molecule has 1 unspecified atom stereocenters. The van der Waals surface area contributed by atoms with Gasteiger partial charge in [0, 0.05) is 37.6 Å². The maximum Gasteiger partial charge on any atom is 0.0981 e. The second-order valence-corrected chi connectivity index (χ2v) is 5.99. The Hall–Kier alpha value is -2.25. The summed E-state index contributed by atoms with van der Waals surface area (Å²) in [7, 11) is 0. The highest BCUT2D eigenvalue weighted by atomic mass is 16.3. The average Bonchev–Trinajstić information content (AvgIpc) is 3.22. The molecule has 0 radical (unpaired) electrons. The largest absolute Gasteiger partial charge is 0.387 e. The van der Waals surface area contributed by atoms with Gasteiger partial charge in [-0.1, -0.05) is 11.3 Å². The van der Waals surface area contributed by atoms with Gasteiger partial charge >= 0.3 is 0 Å². The first-order chi connectivity index (χ1) is 10.7. The number of nitrogens with zero attached hydrogens (tertiary/aromatic N) is 6. The maximum atomic E-state index is 10.7. The monoisotopic (exact) mass is 298 g/mol. The van der Waals surface area contributed by atoms with Crippen LogP contribution >= 0.6 is 0 Å². The van der Waals surface area contributed by atoms with Crippen LogP contribution in [0.2, 0.25) is 0 Å². The van der Waals surface area contributed by atoms with Crippen molar-refractivity contribution in [2.24, 2.45) is 0 Å². The standard InChI is InChI=1S/C15H18N6O/c22-15(12-20-8-5-16-18-20)4-7-19(11-15)10-13-9-17-21-6-2-1-3-14(13)21/h1-3,5-6,8-9,22H,4,7,10-12H2. The van der Waals surface area contributed by atoms with Crippen molar-refractivity contribution >= 4 is 5.52 Å². The topological polar surface area (TPSA) is 71.5 Å². The molecule has 0 spiro atoms. The molecule has 1 saturated heterocycles. The molecular weight excluding hydrogens is 280 g/mol. The van der Waals surface area contributed by atoms with Crippen LogP contribution in [-0.4, -0.2) is 53.3 Å². The summed E-state index contributed by atoms with van der Waals surface area (Å²) in [5, 5.41) is 22.8. The Labute approximate surface area is 127 Å². The summed E-state index contributed by atoms with van der Waals surface area (Å²) in [5.74, 6) is 0. The molecular formula is C15H18N6O. The molecule has 7 nitrogen and oxygen atoms in total. The normalized spacial score (nSPS) is 22.6. The molecule has 1 atom stereocenters. The molecule has 1 N–H and O–H groups in total. The first-order valence-corrected chi connectivity index (χ1v) is 7.42. The molecule has 0 aliphatic carbocycles. The predicted octanol–water partition coefficient (Wildman–Crippen LogP) is 0.563. The van der Waals surface area contributed by atoms with Crippen LogP contribution in [0.5, 0.6) is 0 Å². The van der Waals surface area contributed by atoms with Gasteiger partial charge in [-0.2, -0.15) is 5.10 Å². The highest BCUT2D eigenvalue weighted by molar-refractivity contribution is 5.53. The fourth-order valence-corrected chi connectivity index (χ4v) is 3.17. The first-order valence-electron chi connectivity index (χ1n) is 7.42. The van der Waals surface area contributed by atoms with Gasteiger partial charge in [0.2, 0.25) is 0 Å². The minimum Gasteiger partial charge on any atom is -0.387 e. The predicted molar refractivity (Wildman–Crippen MR) is 80.1 cm³/mol. The molecule has 1 aliphatic rings. The number of likely N-dealkylation sites (tertiary alicyclic amines) is 1. The van der Waals surface area contributed by atoms with E-state index in [2.05, 4.69) is 26.4 Å². The lowest BCUT2D eigenvalue weighted by molar-refractivity contribution is 0.0275. The van der Waals surface area contributed by atoms with Crippen molar-refractivity contribution in [2.45, 2.75) is 25.1 Å². The lowest BCUT2D eigenvalue weighted by atomic mass is 10.0. The minimum absolute atomic E-state index is 0.484. The van der Waals surface area contributed by atoms with Gasteiger partial charge in [0.05, 0.1) is 30.1 Å². The smallest absolute Gasteiger partial charge is 0.0981 e. The summed E-state index contributed by atoms with van der Waals surface area (Å²) in [4.78, 5) is 2.26. The van der Waals surface area contributed by atoms with Crippen molar-refractivity contribution < 1.29 is 5.11 Å². The summed E-state index contributed by atoms with van der Waals surface area (Å²) in [6, 6.07) is 6.06. The number of aromatic nitrogens is 5. The quantitative estimate of drug-likeness (QED) is 0.762. The molecule has 3 aromatic rings. The van der Waals surface area contributed by atoms with E-state index in [-0.39, 0.29) is 0 Å². The second-order valence-electron chi connectivity index (χ2n) is 5.99. The summed E-state index contributed by atoms with van der Waals surface area (Å²) >= 11 is 0. The van der Waals surface area contributed by atoms with Crippen LogP contribution in [0.15, 0.2) is 43.0 Å². The Morgan fingerprint density at radius 1 is 1.27 bits per heavy atom. The van der Waals surface area contributed by atoms with Crippen molar-refractivity contribution in [3.63, 3.8) is 0 Å². The van der Waals surface area contributed by atoms with Crippen molar-refractivity contribution in [1.82, 2.24) is 29.5 Å². The van der Waals surface area contributed by atoms with E-state index in [4.69, 9.17) is 0 Å². The van der Waals surface area contributed by atoms with Gasteiger partial charge < -0.3 is 5.11 Å². The van der Waals surface area contributed by atoms with Crippen LogP contribution in [0, 0.1) is 0 Å². The third-order valence-electron chi connectivity index (χ3n) is 4.24. The lowest BCUT2D eigenvalue weighted by Gasteiger charge is -2.23. The van der Waals surface area contributed by atoms with Gasteiger partial charge in [-0.3, -0.25) is 4.90 Å². The number of aliphatic hydroxyl groups is 1. The number of pyridine rings is 1. The summed E-state index contributed by atoms with van der Waals surface area (Å²) < 4.78 is 3.58. The van der Waals surface area contributed by atoms with E-state index < -0.39 is 5.60 Å². The van der Waals surface area contributed by atoms with E-state index in [1.807, 2.05) is 29.0 Å². The first kappa shape index (κ1) is 13.4. The van der Waals surface area contributed by atoms with Gasteiger partial charge in [-0.15, -0.1) is 5.10 Å². The van der Waals surface area contributed by atoms with Crippen LogP contribution in [0.3, 0.4) is 0 Å². The summed E-state index contributed by atoms with van der Waals surface area (Å²) in [6.45, 7) is 2.79. The number of rotatable bonds is 4. The van der Waals surface area contributed by atoms with Gasteiger partial charge in [0.25, 0.3) is 0 Å². The van der Waals surface area contributed by atoms with Crippen LogP contribution in [0.25, 0.3) is 5.52 Å². The zero-order chi connectivity index (χ0) is 15.0. The van der Waals surface area contributed by atoms with Crippen molar-refractivity contribution in [1.29, 1.82) is 0 Å². The summed E-state index contributed by atoms with van der Waals surface area (Å²) in [6.07, 6.45) is 8.01. The molecule has 0 aromatic carbocycles. The van der Waals surface area contributed by atoms with Crippen molar-refractivity contribution in [3.8, 4) is 0 Å². The number of β-amino-alcohol motifs (C(OH)–C–C–N with tert-alkyl or cyclic N) is 1. The number of hydrogen-bond donors (Lipinski definition) is 1. The van der Waals surface area contributed by atoms with E-state index in [1.54, 1.807) is 17.1 Å². The highest BCUT2D eigenvalue weighted by Gasteiger charge is 2.36. The molecule has 1 aliphatic heterocycles. The molecule has 1 fully saturated rings. The molecule has 0 saturated carbocycles. The fraction of sp³-hybridized carbons (Fsp3) is 0.400. The molecule has 7 heteroatoms. The summed E-state index contributed by atoms with van der Waals surface area (Å²) in [5.41, 5.74) is 1.57. The second kappa shape index (κ2) is 5.19. The molecule has 4 rings (SSSR count). The minimum atomic E-state index is -0.739. The van der Waals surface area contributed by atoms with E-state index in [0.29, 0.717) is 13.1 Å². The van der Waals surface area contributed by atoms with Crippen LogP contribution in [0.4, 0.5) is 0 Å². The number of fused-ring (bicyclic) bond motifs is 1. The highest BCUT2D eigenvalue weighted by Crippen LogP contribution is 2.25. The molecule has 4 heterocycles. The third-order valence-corrected chi connectivity index (χ3v) is 4.24. The zero-order valence-electron chi connectivity index (χ0n) is 12.2. The molecule has 114 valence electrons. The molecule has 22 heavy (non-hydrogen) atoms. The Morgan fingerprint density at radius 2 is 2.23 bits per heavy atom. The van der Waals surface area contributed by atoms with Crippen LogP contribution in [0.1, 0.15) is 12.0 Å².